The Morgan fingerprint density at radius 3 is 1.81 bits per heavy atom. The lowest BCUT2D eigenvalue weighted by atomic mass is 10.0. The molecule has 0 aromatic heterocycles. The minimum absolute atomic E-state index is 0.435. The van der Waals surface area contributed by atoms with Crippen LogP contribution in [-0.4, -0.2) is 19.5 Å². The summed E-state index contributed by atoms with van der Waals surface area (Å²) < 4.78 is 10.2. The molecule has 0 heterocycles. The molecule has 4 heteroatoms. The second kappa shape index (κ2) is 6.95. The minimum atomic E-state index is -0.504. The van der Waals surface area contributed by atoms with Gasteiger partial charge >= 0.3 is 0 Å². The summed E-state index contributed by atoms with van der Waals surface area (Å²) in [6.45, 7) is 0. The van der Waals surface area contributed by atoms with Gasteiger partial charge in [0, 0.05) is 5.57 Å². The van der Waals surface area contributed by atoms with Crippen molar-refractivity contribution in [3.8, 4) is 11.5 Å². The molecule has 0 unspecified atom stereocenters. The van der Waals surface area contributed by atoms with Gasteiger partial charge in [0.05, 0.1) is 14.2 Å². The molecule has 2 aromatic carbocycles. The van der Waals surface area contributed by atoms with Crippen molar-refractivity contribution in [2.24, 2.45) is 0 Å². The Morgan fingerprint density at radius 2 is 1.38 bits per heavy atom. The Bertz CT molecular complexity index is 643. The van der Waals surface area contributed by atoms with E-state index in [-0.39, 0.29) is 0 Å². The van der Waals surface area contributed by atoms with Crippen molar-refractivity contribution in [2.45, 2.75) is 0 Å². The summed E-state index contributed by atoms with van der Waals surface area (Å²) in [5.41, 5.74) is 2.05. The Morgan fingerprint density at radius 1 is 0.905 bits per heavy atom. The molecule has 2 rings (SSSR count). The van der Waals surface area contributed by atoms with Crippen LogP contribution in [0.2, 0.25) is 0 Å². The first kappa shape index (κ1) is 15.1. The number of allylic oxidation sites excluding steroid dienone is 1. The fraction of sp³-hybridized carbons (Fsp3) is 0.118. The lowest BCUT2D eigenvalue weighted by Crippen LogP contribution is -1.94. The van der Waals surface area contributed by atoms with Crippen molar-refractivity contribution in [2.75, 3.05) is 14.2 Å². The number of hydrogen-bond acceptors (Lipinski definition) is 3. The summed E-state index contributed by atoms with van der Waals surface area (Å²) in [6.07, 6.45) is 1.75. The molecule has 0 aliphatic carbocycles. The fourth-order valence-corrected chi connectivity index (χ4v) is 2.05. The third kappa shape index (κ3) is 3.86. The van der Waals surface area contributed by atoms with Crippen molar-refractivity contribution in [3.63, 3.8) is 0 Å². The molecule has 2 aromatic rings. The Balaban J connectivity index is 2.36. The van der Waals surface area contributed by atoms with Crippen LogP contribution in [0.1, 0.15) is 11.1 Å². The number of carbonyl (C=O) groups excluding carboxylic acids is 1. The first-order valence-corrected chi connectivity index (χ1v) is 6.72. The third-order valence-electron chi connectivity index (χ3n) is 3.04. The maximum absolute atomic E-state index is 11.7. The van der Waals surface area contributed by atoms with E-state index in [2.05, 4.69) is 0 Å². The van der Waals surface area contributed by atoms with Crippen molar-refractivity contribution in [1.29, 1.82) is 0 Å². The highest BCUT2D eigenvalue weighted by Gasteiger charge is 2.09. The third-order valence-corrected chi connectivity index (χ3v) is 3.24. The maximum Gasteiger partial charge on any atom is 0.253 e. The lowest BCUT2D eigenvalue weighted by Gasteiger charge is -2.06. The molecule has 108 valence electrons. The number of methoxy groups -OCH3 is 2. The standard InChI is InChI=1S/C17H15ClO3/c1-20-14-7-3-12(4-8-14)11-16(17(18)19)13-5-9-15(21-2)10-6-13/h3-11H,1-2H3/b16-11-. The van der Waals surface area contributed by atoms with Crippen LogP contribution in [0.25, 0.3) is 11.6 Å². The van der Waals surface area contributed by atoms with Gasteiger partial charge in [-0.15, -0.1) is 0 Å². The van der Waals surface area contributed by atoms with Gasteiger partial charge in [0.25, 0.3) is 5.24 Å². The first-order chi connectivity index (χ1) is 10.1. The van der Waals surface area contributed by atoms with E-state index in [1.54, 1.807) is 44.6 Å². The van der Waals surface area contributed by atoms with Crippen LogP contribution in [0.4, 0.5) is 0 Å². The van der Waals surface area contributed by atoms with Gasteiger partial charge in [0.2, 0.25) is 0 Å². The van der Waals surface area contributed by atoms with Gasteiger partial charge in [-0.3, -0.25) is 4.79 Å². The molecule has 0 spiro atoms. The molecular formula is C17H15ClO3. The second-order valence-corrected chi connectivity index (χ2v) is 4.68. The Hall–Kier alpha value is -2.26. The van der Waals surface area contributed by atoms with E-state index >= 15 is 0 Å². The number of hydrogen-bond donors (Lipinski definition) is 0. The zero-order valence-electron chi connectivity index (χ0n) is 11.8. The van der Waals surface area contributed by atoms with E-state index < -0.39 is 5.24 Å². The highest BCUT2D eigenvalue weighted by Crippen LogP contribution is 2.24. The van der Waals surface area contributed by atoms with E-state index in [4.69, 9.17) is 21.1 Å². The summed E-state index contributed by atoms with van der Waals surface area (Å²) >= 11 is 5.70. The van der Waals surface area contributed by atoms with Crippen LogP contribution in [0, 0.1) is 0 Å². The average Bonchev–Trinajstić information content (AvgIpc) is 2.53. The van der Waals surface area contributed by atoms with Crippen molar-refractivity contribution < 1.29 is 14.3 Å². The SMILES string of the molecule is COc1ccc(/C=C(\C(=O)Cl)c2ccc(OC)cc2)cc1. The van der Waals surface area contributed by atoms with Crippen molar-refractivity contribution >= 4 is 28.5 Å². The number of ether oxygens (including phenoxy) is 2. The number of halogens is 1. The van der Waals surface area contributed by atoms with Gasteiger partial charge < -0.3 is 9.47 Å². The molecule has 0 bridgehead atoms. The molecule has 0 radical (unpaired) electrons. The molecule has 0 atom stereocenters. The van der Waals surface area contributed by atoms with Gasteiger partial charge in [-0.05, 0) is 53.1 Å². The molecule has 0 saturated heterocycles. The summed E-state index contributed by atoms with van der Waals surface area (Å²) in [7, 11) is 3.20. The first-order valence-electron chi connectivity index (χ1n) is 6.34. The van der Waals surface area contributed by atoms with E-state index in [1.807, 2.05) is 24.3 Å². The molecule has 0 fully saturated rings. The zero-order chi connectivity index (χ0) is 15.2. The van der Waals surface area contributed by atoms with Crippen LogP contribution >= 0.6 is 11.6 Å². The van der Waals surface area contributed by atoms with E-state index in [1.165, 1.54) is 0 Å². The normalized spacial score (nSPS) is 11.1. The predicted octanol–water partition coefficient (Wildman–Crippen LogP) is 4.01. The van der Waals surface area contributed by atoms with Crippen LogP contribution in [0.5, 0.6) is 11.5 Å². The van der Waals surface area contributed by atoms with Crippen molar-refractivity contribution in [1.82, 2.24) is 0 Å². The van der Waals surface area contributed by atoms with Crippen LogP contribution < -0.4 is 9.47 Å². The van der Waals surface area contributed by atoms with E-state index in [0.717, 1.165) is 22.6 Å². The number of rotatable bonds is 5. The molecule has 0 saturated carbocycles. The Kier molecular flexibility index (Phi) is 5.01. The monoisotopic (exact) mass is 302 g/mol. The minimum Gasteiger partial charge on any atom is -0.497 e. The molecule has 21 heavy (non-hydrogen) atoms. The van der Waals surface area contributed by atoms with Gasteiger partial charge in [-0.2, -0.15) is 0 Å². The topological polar surface area (TPSA) is 35.5 Å². The molecule has 0 aliphatic rings. The number of benzene rings is 2. The Labute approximate surface area is 128 Å². The molecule has 0 aliphatic heterocycles. The van der Waals surface area contributed by atoms with Gasteiger partial charge in [0.1, 0.15) is 11.5 Å². The molecule has 3 nitrogen and oxygen atoms in total. The summed E-state index contributed by atoms with van der Waals surface area (Å²) in [5, 5.41) is -0.504. The van der Waals surface area contributed by atoms with Crippen LogP contribution in [0.3, 0.4) is 0 Å². The zero-order valence-corrected chi connectivity index (χ0v) is 12.6. The van der Waals surface area contributed by atoms with E-state index in [0.29, 0.717) is 5.57 Å². The smallest absolute Gasteiger partial charge is 0.253 e. The largest absolute Gasteiger partial charge is 0.497 e. The van der Waals surface area contributed by atoms with Crippen LogP contribution in [0.15, 0.2) is 48.5 Å². The molecule has 0 amide bonds. The van der Waals surface area contributed by atoms with Gasteiger partial charge in [0.15, 0.2) is 0 Å². The summed E-state index contributed by atoms with van der Waals surface area (Å²) in [6, 6.07) is 14.6. The highest BCUT2D eigenvalue weighted by atomic mass is 35.5. The lowest BCUT2D eigenvalue weighted by molar-refractivity contribution is -0.106. The summed E-state index contributed by atoms with van der Waals surface area (Å²) in [4.78, 5) is 11.7. The molecular weight excluding hydrogens is 288 g/mol. The van der Waals surface area contributed by atoms with Crippen molar-refractivity contribution in [3.05, 3.63) is 59.7 Å². The highest BCUT2D eigenvalue weighted by molar-refractivity contribution is 6.75. The van der Waals surface area contributed by atoms with Gasteiger partial charge in [-0.1, -0.05) is 24.3 Å². The van der Waals surface area contributed by atoms with E-state index in [9.17, 15) is 4.79 Å². The number of carbonyl (C=O) groups is 1. The van der Waals surface area contributed by atoms with Gasteiger partial charge in [-0.25, -0.2) is 0 Å². The average molecular weight is 303 g/mol. The maximum atomic E-state index is 11.7. The quantitative estimate of drug-likeness (QED) is 0.475. The predicted molar refractivity (Wildman–Crippen MR) is 84.7 cm³/mol. The summed E-state index contributed by atoms with van der Waals surface area (Å²) in [5.74, 6) is 1.49. The van der Waals surface area contributed by atoms with Crippen LogP contribution in [-0.2, 0) is 4.79 Å². The fourth-order valence-electron chi connectivity index (χ4n) is 1.89. The second-order valence-electron chi connectivity index (χ2n) is 4.33. The molecule has 0 N–H and O–H groups in total.